The molecule has 0 unspecified atom stereocenters. The lowest BCUT2D eigenvalue weighted by molar-refractivity contribution is 0.139. The Hall–Kier alpha value is -0.0800. The monoisotopic (exact) mass is 465 g/mol. The van der Waals surface area contributed by atoms with E-state index in [1.54, 1.807) is 0 Å². The van der Waals surface area contributed by atoms with E-state index in [-0.39, 0.29) is 24.0 Å². The minimum Gasteiger partial charge on any atom is -0.357 e. The smallest absolute Gasteiger partial charge is 0.191 e. The van der Waals surface area contributed by atoms with Gasteiger partial charge in [-0.2, -0.15) is 0 Å². The topological polar surface area (TPSA) is 42.9 Å². The number of halogens is 1. The average Bonchev–Trinajstić information content (AvgIpc) is 2.55. The zero-order chi connectivity index (χ0) is 17.3. The van der Waals surface area contributed by atoms with Crippen LogP contribution in [-0.4, -0.2) is 75.2 Å². The van der Waals surface area contributed by atoms with Gasteiger partial charge in [0.25, 0.3) is 0 Å². The lowest BCUT2D eigenvalue weighted by Crippen LogP contribution is -2.44. The minimum absolute atomic E-state index is 0. The molecule has 2 rings (SSSR count). The molecule has 0 aromatic carbocycles. The van der Waals surface area contributed by atoms with E-state index in [9.17, 15) is 0 Å². The molecule has 148 valence electrons. The molecule has 1 saturated carbocycles. The van der Waals surface area contributed by atoms with Crippen molar-refractivity contribution in [2.75, 3.05) is 59.4 Å². The summed E-state index contributed by atoms with van der Waals surface area (Å²) in [6.45, 7) is 13.5. The highest BCUT2D eigenvalue weighted by atomic mass is 127. The molecule has 0 radical (unpaired) electrons. The zero-order valence-electron chi connectivity index (χ0n) is 16.6. The molecule has 5 nitrogen and oxygen atoms in total. The standard InChI is InChI=1S/C19H39N5.HI/c1-4-19(9-8-10-19)17-22-18(20-5-2)21-11-6-7-12-24-15-13-23(3)14-16-24;/h4-17H2,1-3H3,(H2,20,21,22);1H. The van der Waals surface area contributed by atoms with Gasteiger partial charge in [-0.25, -0.2) is 0 Å². The molecule has 0 bridgehead atoms. The number of guanidine groups is 1. The predicted molar refractivity (Wildman–Crippen MR) is 119 cm³/mol. The third-order valence-corrected chi connectivity index (χ3v) is 5.87. The van der Waals surface area contributed by atoms with Crippen LogP contribution < -0.4 is 10.6 Å². The first kappa shape index (κ1) is 23.0. The van der Waals surface area contributed by atoms with Crippen molar-refractivity contribution in [3.05, 3.63) is 0 Å². The van der Waals surface area contributed by atoms with Crippen LogP contribution in [-0.2, 0) is 0 Å². The summed E-state index contributed by atoms with van der Waals surface area (Å²) in [4.78, 5) is 9.87. The summed E-state index contributed by atoms with van der Waals surface area (Å²) in [5.41, 5.74) is 0.504. The predicted octanol–water partition coefficient (Wildman–Crippen LogP) is 2.77. The fourth-order valence-corrected chi connectivity index (χ4v) is 3.63. The Morgan fingerprint density at radius 1 is 1.04 bits per heavy atom. The Kier molecular flexibility index (Phi) is 11.3. The van der Waals surface area contributed by atoms with Crippen molar-refractivity contribution in [3.63, 3.8) is 0 Å². The Bertz CT molecular complexity index is 371. The number of nitrogens with zero attached hydrogens (tertiary/aromatic N) is 3. The maximum atomic E-state index is 4.85. The fourth-order valence-electron chi connectivity index (χ4n) is 3.63. The summed E-state index contributed by atoms with van der Waals surface area (Å²) in [6, 6.07) is 0. The molecule has 2 N–H and O–H groups in total. The molecular formula is C19H40IN5. The molecular weight excluding hydrogens is 425 g/mol. The largest absolute Gasteiger partial charge is 0.357 e. The van der Waals surface area contributed by atoms with E-state index in [0.717, 1.165) is 25.6 Å². The SMILES string of the molecule is CCNC(=NCC1(CC)CCC1)NCCCCN1CCN(C)CC1.I. The second kappa shape index (κ2) is 12.3. The molecule has 1 aliphatic carbocycles. The molecule has 1 aliphatic heterocycles. The summed E-state index contributed by atoms with van der Waals surface area (Å²) >= 11 is 0. The van der Waals surface area contributed by atoms with E-state index in [4.69, 9.17) is 4.99 Å². The van der Waals surface area contributed by atoms with Crippen molar-refractivity contribution in [2.24, 2.45) is 10.4 Å². The maximum absolute atomic E-state index is 4.85. The molecule has 0 amide bonds. The molecule has 0 aromatic rings. The van der Waals surface area contributed by atoms with Gasteiger partial charge in [0.1, 0.15) is 0 Å². The number of hydrogen-bond acceptors (Lipinski definition) is 3. The molecule has 2 fully saturated rings. The number of hydrogen-bond donors (Lipinski definition) is 2. The summed E-state index contributed by atoms with van der Waals surface area (Å²) in [6.07, 6.45) is 7.86. The molecule has 0 spiro atoms. The molecule has 0 atom stereocenters. The van der Waals surface area contributed by atoms with Crippen molar-refractivity contribution >= 4 is 29.9 Å². The van der Waals surface area contributed by atoms with Gasteiger partial charge < -0.3 is 20.4 Å². The minimum atomic E-state index is 0. The lowest BCUT2D eigenvalue weighted by atomic mass is 9.67. The third-order valence-electron chi connectivity index (χ3n) is 5.87. The van der Waals surface area contributed by atoms with Crippen LogP contribution in [0.3, 0.4) is 0 Å². The third kappa shape index (κ3) is 7.99. The van der Waals surface area contributed by atoms with Crippen LogP contribution in [0, 0.1) is 5.41 Å². The Morgan fingerprint density at radius 3 is 2.32 bits per heavy atom. The number of rotatable bonds is 9. The molecule has 1 saturated heterocycles. The molecule has 25 heavy (non-hydrogen) atoms. The van der Waals surface area contributed by atoms with E-state index in [1.807, 2.05) is 0 Å². The number of likely N-dealkylation sites (N-methyl/N-ethyl adjacent to an activating group) is 1. The number of nitrogens with one attached hydrogen (secondary N) is 2. The summed E-state index contributed by atoms with van der Waals surface area (Å²) in [7, 11) is 2.22. The van der Waals surface area contributed by atoms with Crippen molar-refractivity contribution in [3.8, 4) is 0 Å². The van der Waals surface area contributed by atoms with Gasteiger partial charge in [-0.05, 0) is 58.0 Å². The molecule has 2 aliphatic rings. The zero-order valence-corrected chi connectivity index (χ0v) is 19.0. The second-order valence-corrected chi connectivity index (χ2v) is 7.68. The van der Waals surface area contributed by atoms with Gasteiger partial charge in [-0.3, -0.25) is 4.99 Å². The first-order chi connectivity index (χ1) is 11.7. The highest BCUT2D eigenvalue weighted by Crippen LogP contribution is 2.43. The normalized spacial score (nSPS) is 21.3. The summed E-state index contributed by atoms with van der Waals surface area (Å²) in [5, 5.41) is 6.92. The van der Waals surface area contributed by atoms with Crippen LogP contribution in [0.4, 0.5) is 0 Å². The van der Waals surface area contributed by atoms with Gasteiger partial charge in [-0.15, -0.1) is 24.0 Å². The van der Waals surface area contributed by atoms with E-state index in [2.05, 4.69) is 41.3 Å². The van der Waals surface area contributed by atoms with Gasteiger partial charge in [-0.1, -0.05) is 13.3 Å². The number of aliphatic imine (C=N–C) groups is 1. The van der Waals surface area contributed by atoms with Crippen molar-refractivity contribution in [2.45, 2.75) is 52.4 Å². The maximum Gasteiger partial charge on any atom is 0.191 e. The first-order valence-corrected chi connectivity index (χ1v) is 10.1. The van der Waals surface area contributed by atoms with E-state index in [1.165, 1.54) is 71.2 Å². The van der Waals surface area contributed by atoms with Crippen LogP contribution >= 0.6 is 24.0 Å². The van der Waals surface area contributed by atoms with E-state index in [0.29, 0.717) is 5.41 Å². The second-order valence-electron chi connectivity index (χ2n) is 7.68. The first-order valence-electron chi connectivity index (χ1n) is 10.1. The average molecular weight is 465 g/mol. The summed E-state index contributed by atoms with van der Waals surface area (Å²) < 4.78 is 0. The lowest BCUT2D eigenvalue weighted by Gasteiger charge is -2.40. The number of piperazine rings is 1. The van der Waals surface area contributed by atoms with Gasteiger partial charge in [0.15, 0.2) is 5.96 Å². The van der Waals surface area contributed by atoms with Crippen LogP contribution in [0.25, 0.3) is 0 Å². The molecule has 6 heteroatoms. The van der Waals surface area contributed by atoms with Crippen LogP contribution in [0.15, 0.2) is 4.99 Å². The fraction of sp³-hybridized carbons (Fsp3) is 0.947. The summed E-state index contributed by atoms with van der Waals surface area (Å²) in [5.74, 6) is 1.01. The van der Waals surface area contributed by atoms with Crippen LogP contribution in [0.5, 0.6) is 0 Å². The van der Waals surface area contributed by atoms with Crippen LogP contribution in [0.2, 0.25) is 0 Å². The van der Waals surface area contributed by atoms with Gasteiger partial charge >= 0.3 is 0 Å². The molecule has 1 heterocycles. The van der Waals surface area contributed by atoms with Crippen molar-refractivity contribution in [1.29, 1.82) is 0 Å². The van der Waals surface area contributed by atoms with Crippen LogP contribution in [0.1, 0.15) is 52.4 Å². The van der Waals surface area contributed by atoms with E-state index >= 15 is 0 Å². The number of unbranched alkanes of at least 4 members (excludes halogenated alkanes) is 1. The van der Waals surface area contributed by atoms with E-state index < -0.39 is 0 Å². The van der Waals surface area contributed by atoms with Crippen molar-refractivity contribution < 1.29 is 0 Å². The van der Waals surface area contributed by atoms with Gasteiger partial charge in [0.05, 0.1) is 0 Å². The Balaban J connectivity index is 0.00000312. The Labute approximate surface area is 172 Å². The highest BCUT2D eigenvalue weighted by molar-refractivity contribution is 14.0. The highest BCUT2D eigenvalue weighted by Gasteiger charge is 2.34. The molecule has 0 aromatic heterocycles. The van der Waals surface area contributed by atoms with Crippen molar-refractivity contribution in [1.82, 2.24) is 20.4 Å². The Morgan fingerprint density at radius 2 is 1.76 bits per heavy atom. The quantitative estimate of drug-likeness (QED) is 0.238. The van der Waals surface area contributed by atoms with Gasteiger partial charge in [0.2, 0.25) is 0 Å². The van der Waals surface area contributed by atoms with Gasteiger partial charge in [0, 0.05) is 45.8 Å².